The summed E-state index contributed by atoms with van der Waals surface area (Å²) in [6, 6.07) is 20.7. The van der Waals surface area contributed by atoms with Crippen LogP contribution in [-0.4, -0.2) is 35.6 Å². The smallest absolute Gasteiger partial charge is 0.238 e. The van der Waals surface area contributed by atoms with Crippen molar-refractivity contribution in [3.8, 4) is 5.75 Å². The number of oxime groups is 1. The molecule has 9 nitrogen and oxygen atoms in total. The van der Waals surface area contributed by atoms with Crippen molar-refractivity contribution < 1.29 is 14.7 Å². The quantitative estimate of drug-likeness (QED) is 0.0693. The lowest BCUT2D eigenvalue weighted by molar-refractivity contribution is -0.114. The average Bonchev–Trinajstić information content (AvgIpc) is 3.34. The van der Waals surface area contributed by atoms with Gasteiger partial charge in [-0.05, 0) is 66.4 Å². The maximum atomic E-state index is 11.7. The average molecular weight is 523 g/mol. The fraction of sp³-hybridized carbons (Fsp3) is 0.160. The second kappa shape index (κ2) is 11.9. The number of nitrogens with zero attached hydrogens (tertiary/aromatic N) is 2. The van der Waals surface area contributed by atoms with Crippen LogP contribution in [0.1, 0.15) is 22.2 Å². The minimum atomic E-state index is -0.251. The van der Waals surface area contributed by atoms with E-state index < -0.39 is 0 Å². The van der Waals surface area contributed by atoms with E-state index in [2.05, 4.69) is 15.2 Å². The molecule has 4 aromatic rings. The van der Waals surface area contributed by atoms with Gasteiger partial charge in [-0.1, -0.05) is 29.4 Å². The van der Waals surface area contributed by atoms with E-state index in [1.807, 2.05) is 60.7 Å². The number of hydrogen-bond donors (Lipinski definition) is 5. The van der Waals surface area contributed by atoms with Gasteiger partial charge in [0.05, 0.1) is 29.9 Å². The molecule has 1 heterocycles. The van der Waals surface area contributed by atoms with Crippen molar-refractivity contribution in [3.63, 3.8) is 0 Å². The second-order valence-corrected chi connectivity index (χ2v) is 9.80. The van der Waals surface area contributed by atoms with Gasteiger partial charge in [-0.15, -0.1) is 11.3 Å². The molecule has 0 aliphatic heterocycles. The summed E-state index contributed by atoms with van der Waals surface area (Å²) in [5, 5.41) is 15.9. The number of fused-ring (bicyclic) bond motifs is 1. The Morgan fingerprint density at radius 2 is 2.03 bits per heavy atom. The number of benzene rings is 3. The van der Waals surface area contributed by atoms with Crippen LogP contribution >= 0.6 is 23.3 Å². The SMILES string of the molecule is COc1ccc2nc(C(Cc3cccc(/C(N)=N\O)c3)NSc3cccc(NC(=O)CN)c3)sc2c1. The van der Waals surface area contributed by atoms with E-state index in [-0.39, 0.29) is 24.3 Å². The minimum absolute atomic E-state index is 0.0548. The van der Waals surface area contributed by atoms with E-state index >= 15 is 0 Å². The van der Waals surface area contributed by atoms with Gasteiger partial charge in [-0.3, -0.25) is 4.79 Å². The molecule has 0 radical (unpaired) electrons. The number of ether oxygens (including phenoxy) is 1. The van der Waals surface area contributed by atoms with Crippen LogP contribution in [0.15, 0.2) is 76.8 Å². The zero-order chi connectivity index (χ0) is 25.5. The number of nitrogens with two attached hydrogens (primary N) is 2. The maximum Gasteiger partial charge on any atom is 0.238 e. The van der Waals surface area contributed by atoms with E-state index in [9.17, 15) is 4.79 Å². The summed E-state index contributed by atoms with van der Waals surface area (Å²) in [6.45, 7) is -0.0787. The highest BCUT2D eigenvalue weighted by atomic mass is 32.2. The molecule has 36 heavy (non-hydrogen) atoms. The molecule has 11 heteroatoms. The normalized spacial score (nSPS) is 12.4. The van der Waals surface area contributed by atoms with Gasteiger partial charge in [0.15, 0.2) is 5.84 Å². The third kappa shape index (κ3) is 6.32. The molecule has 7 N–H and O–H groups in total. The van der Waals surface area contributed by atoms with Gasteiger partial charge >= 0.3 is 0 Å². The highest BCUT2D eigenvalue weighted by Crippen LogP contribution is 2.33. The largest absolute Gasteiger partial charge is 0.497 e. The van der Waals surface area contributed by atoms with Gasteiger partial charge in [0.1, 0.15) is 10.8 Å². The van der Waals surface area contributed by atoms with Crippen molar-refractivity contribution in [1.29, 1.82) is 0 Å². The first-order chi connectivity index (χ1) is 17.5. The molecule has 0 aliphatic carbocycles. The Morgan fingerprint density at radius 3 is 2.81 bits per heavy atom. The first-order valence-corrected chi connectivity index (χ1v) is 12.7. The maximum absolute atomic E-state index is 11.7. The molecule has 0 saturated heterocycles. The summed E-state index contributed by atoms with van der Waals surface area (Å²) in [4.78, 5) is 17.5. The highest BCUT2D eigenvalue weighted by molar-refractivity contribution is 7.97. The van der Waals surface area contributed by atoms with Gasteiger partial charge in [0, 0.05) is 16.1 Å². The Hall–Kier alpha value is -3.64. The summed E-state index contributed by atoms with van der Waals surface area (Å²) < 4.78 is 9.92. The number of aromatic nitrogens is 1. The fourth-order valence-corrected chi connectivity index (χ4v) is 5.45. The fourth-order valence-electron chi connectivity index (χ4n) is 3.52. The Balaban J connectivity index is 1.61. The van der Waals surface area contributed by atoms with Gasteiger partial charge in [-0.25, -0.2) is 9.71 Å². The number of amides is 1. The van der Waals surface area contributed by atoms with E-state index in [0.29, 0.717) is 17.7 Å². The first kappa shape index (κ1) is 25.5. The third-order valence-electron chi connectivity index (χ3n) is 5.30. The summed E-state index contributed by atoms with van der Waals surface area (Å²) in [5.41, 5.74) is 14.4. The van der Waals surface area contributed by atoms with Crippen LogP contribution in [0.4, 0.5) is 5.69 Å². The first-order valence-electron chi connectivity index (χ1n) is 11.0. The second-order valence-electron chi connectivity index (χ2n) is 7.83. The predicted molar refractivity (Wildman–Crippen MR) is 145 cm³/mol. The summed E-state index contributed by atoms with van der Waals surface area (Å²) in [7, 11) is 1.64. The van der Waals surface area contributed by atoms with Gasteiger partial charge < -0.3 is 26.7 Å². The van der Waals surface area contributed by atoms with Crippen molar-refractivity contribution in [3.05, 3.63) is 82.9 Å². The summed E-state index contributed by atoms with van der Waals surface area (Å²) >= 11 is 3.04. The number of thiazole rings is 1. The Kier molecular flexibility index (Phi) is 8.39. The Labute approximate surface area is 216 Å². The molecule has 1 atom stereocenters. The third-order valence-corrected chi connectivity index (χ3v) is 7.33. The monoisotopic (exact) mass is 522 g/mol. The Bertz CT molecular complexity index is 1390. The predicted octanol–water partition coefficient (Wildman–Crippen LogP) is 3.88. The van der Waals surface area contributed by atoms with Crippen molar-refractivity contribution in [2.45, 2.75) is 17.4 Å². The van der Waals surface area contributed by atoms with E-state index in [4.69, 9.17) is 26.4 Å². The molecule has 0 spiro atoms. The molecule has 0 aliphatic rings. The standard InChI is InChI=1S/C25H26N6O3S2/c1-34-18-8-9-20-22(13-18)35-25(29-20)21(11-15-4-2-5-16(10-15)24(27)30-33)31-36-19-7-3-6-17(12-19)28-23(32)14-26/h2-10,12-13,21,31,33H,11,14,26H2,1H3,(H2,27,30)(H,28,32). The summed E-state index contributed by atoms with van der Waals surface area (Å²) in [6.07, 6.45) is 0.611. The van der Waals surface area contributed by atoms with Crippen LogP contribution in [0.3, 0.4) is 0 Å². The molecule has 1 unspecified atom stereocenters. The zero-order valence-electron chi connectivity index (χ0n) is 19.5. The molecular weight excluding hydrogens is 496 g/mol. The minimum Gasteiger partial charge on any atom is -0.497 e. The van der Waals surface area contributed by atoms with Crippen LogP contribution in [0.25, 0.3) is 10.2 Å². The molecule has 0 fully saturated rings. The number of amidine groups is 1. The number of carbonyl (C=O) groups excluding carboxylic acids is 1. The van der Waals surface area contributed by atoms with Crippen LogP contribution < -0.4 is 26.2 Å². The lowest BCUT2D eigenvalue weighted by Gasteiger charge is -2.17. The van der Waals surface area contributed by atoms with Gasteiger partial charge in [0.2, 0.25) is 5.91 Å². The molecule has 3 aromatic carbocycles. The molecule has 4 rings (SSSR count). The van der Waals surface area contributed by atoms with Crippen LogP contribution in [0, 0.1) is 0 Å². The lowest BCUT2D eigenvalue weighted by Crippen LogP contribution is -2.21. The van der Waals surface area contributed by atoms with E-state index in [1.165, 1.54) is 11.9 Å². The van der Waals surface area contributed by atoms with Gasteiger partial charge in [-0.2, -0.15) is 0 Å². The number of rotatable bonds is 10. The topological polar surface area (TPSA) is 148 Å². The molecule has 186 valence electrons. The number of hydrogen-bond acceptors (Lipinski definition) is 9. The van der Waals surface area contributed by atoms with Crippen molar-refractivity contribution in [1.82, 2.24) is 9.71 Å². The number of carbonyl (C=O) groups is 1. The zero-order valence-corrected chi connectivity index (χ0v) is 21.1. The molecule has 1 amide bonds. The molecule has 0 bridgehead atoms. The van der Waals surface area contributed by atoms with Crippen molar-refractivity contribution in [2.75, 3.05) is 19.0 Å². The van der Waals surface area contributed by atoms with E-state index in [1.54, 1.807) is 24.5 Å². The summed E-state index contributed by atoms with van der Waals surface area (Å²) in [5.74, 6) is 0.581. The number of methoxy groups -OCH3 is 1. The Morgan fingerprint density at radius 1 is 1.19 bits per heavy atom. The molecular formula is C25H26N6O3S2. The molecule has 1 aromatic heterocycles. The lowest BCUT2D eigenvalue weighted by atomic mass is 10.0. The number of nitrogens with one attached hydrogen (secondary N) is 2. The van der Waals surface area contributed by atoms with Crippen molar-refractivity contribution >= 4 is 50.9 Å². The van der Waals surface area contributed by atoms with Crippen LogP contribution in [-0.2, 0) is 11.2 Å². The highest BCUT2D eigenvalue weighted by Gasteiger charge is 2.19. The van der Waals surface area contributed by atoms with Crippen LogP contribution in [0.5, 0.6) is 5.75 Å². The van der Waals surface area contributed by atoms with E-state index in [0.717, 1.165) is 31.4 Å². The van der Waals surface area contributed by atoms with Crippen LogP contribution in [0.2, 0.25) is 0 Å². The molecule has 0 saturated carbocycles. The number of anilines is 1. The van der Waals surface area contributed by atoms with Gasteiger partial charge in [0.25, 0.3) is 0 Å². The van der Waals surface area contributed by atoms with Crippen molar-refractivity contribution in [2.24, 2.45) is 16.6 Å².